The molecule has 2 heteroatoms. The van der Waals surface area contributed by atoms with Crippen molar-refractivity contribution in [2.45, 2.75) is 58.0 Å². The average Bonchev–Trinajstić information content (AvgIpc) is 2.73. The second kappa shape index (κ2) is 3.02. The maximum absolute atomic E-state index is 10.6. The van der Waals surface area contributed by atoms with Crippen molar-refractivity contribution in [1.82, 2.24) is 0 Å². The molecular formula is C14H24O2. The number of rotatable bonds is 1. The maximum atomic E-state index is 10.6. The van der Waals surface area contributed by atoms with E-state index < -0.39 is 5.60 Å². The van der Waals surface area contributed by atoms with Gasteiger partial charge in [0.05, 0.1) is 12.2 Å². The summed E-state index contributed by atoms with van der Waals surface area (Å²) in [6.07, 6.45) is 7.17. The van der Waals surface area contributed by atoms with Gasteiger partial charge in [-0.25, -0.2) is 0 Å². The molecule has 0 aromatic carbocycles. The Hall–Kier alpha value is -0.0800. The third-order valence-corrected chi connectivity index (χ3v) is 6.29. The maximum Gasteiger partial charge on any atom is 0.0910 e. The fourth-order valence-electron chi connectivity index (χ4n) is 5.57. The standard InChI is InChI=1S/C14H24O2/c1-12(2)10-4-3-5-13(10)6-7-14(16,9-15)11(12)8-13/h10-11,15-16H,3-9H2,1-2H3/t10-,11+,13-,14+/m0/s1. The number of hydrogen-bond acceptors (Lipinski definition) is 2. The van der Waals surface area contributed by atoms with E-state index in [9.17, 15) is 10.2 Å². The van der Waals surface area contributed by atoms with Gasteiger partial charge in [0, 0.05) is 0 Å². The van der Waals surface area contributed by atoms with Gasteiger partial charge in [-0.3, -0.25) is 0 Å². The van der Waals surface area contributed by atoms with E-state index in [1.165, 1.54) is 19.3 Å². The van der Waals surface area contributed by atoms with Crippen molar-refractivity contribution < 1.29 is 10.2 Å². The summed E-state index contributed by atoms with van der Waals surface area (Å²) in [7, 11) is 0. The lowest BCUT2D eigenvalue weighted by Crippen LogP contribution is -2.48. The van der Waals surface area contributed by atoms with Gasteiger partial charge in [-0.1, -0.05) is 20.3 Å². The molecule has 0 heterocycles. The summed E-state index contributed by atoms with van der Waals surface area (Å²) in [4.78, 5) is 0. The summed E-state index contributed by atoms with van der Waals surface area (Å²) in [6, 6.07) is 0. The van der Waals surface area contributed by atoms with Gasteiger partial charge >= 0.3 is 0 Å². The van der Waals surface area contributed by atoms with Gasteiger partial charge in [-0.2, -0.15) is 0 Å². The topological polar surface area (TPSA) is 40.5 Å². The molecule has 2 N–H and O–H groups in total. The predicted molar refractivity (Wildman–Crippen MR) is 62.9 cm³/mol. The fourth-order valence-corrected chi connectivity index (χ4v) is 5.57. The van der Waals surface area contributed by atoms with Crippen LogP contribution in [0.5, 0.6) is 0 Å². The van der Waals surface area contributed by atoms with Crippen molar-refractivity contribution in [2.75, 3.05) is 6.61 Å². The zero-order valence-corrected chi connectivity index (χ0v) is 10.5. The van der Waals surface area contributed by atoms with Crippen molar-refractivity contribution in [3.05, 3.63) is 0 Å². The summed E-state index contributed by atoms with van der Waals surface area (Å²) >= 11 is 0. The first-order valence-corrected chi connectivity index (χ1v) is 6.78. The van der Waals surface area contributed by atoms with Crippen molar-refractivity contribution in [1.29, 1.82) is 0 Å². The monoisotopic (exact) mass is 224 g/mol. The lowest BCUT2D eigenvalue weighted by molar-refractivity contribution is -0.112. The first-order valence-electron chi connectivity index (χ1n) is 6.78. The van der Waals surface area contributed by atoms with E-state index >= 15 is 0 Å². The molecule has 3 saturated carbocycles. The minimum Gasteiger partial charge on any atom is -0.393 e. The van der Waals surface area contributed by atoms with E-state index in [1.54, 1.807) is 0 Å². The highest BCUT2D eigenvalue weighted by molar-refractivity contribution is 5.16. The molecule has 0 aromatic rings. The third kappa shape index (κ3) is 1.10. The molecule has 1 spiro atoms. The van der Waals surface area contributed by atoms with E-state index in [0.717, 1.165) is 25.2 Å². The molecule has 3 fully saturated rings. The molecule has 2 nitrogen and oxygen atoms in total. The summed E-state index contributed by atoms with van der Waals surface area (Å²) in [5.41, 5.74) is -0.0564. The molecule has 16 heavy (non-hydrogen) atoms. The van der Waals surface area contributed by atoms with Crippen LogP contribution in [0.2, 0.25) is 0 Å². The van der Waals surface area contributed by atoms with Crippen molar-refractivity contribution >= 4 is 0 Å². The normalized spacial score (nSPS) is 54.0. The Kier molecular flexibility index (Phi) is 2.09. The van der Waals surface area contributed by atoms with Crippen LogP contribution in [0, 0.1) is 22.7 Å². The Morgan fingerprint density at radius 1 is 1.12 bits per heavy atom. The highest BCUT2D eigenvalue weighted by Gasteiger charge is 2.66. The van der Waals surface area contributed by atoms with E-state index in [4.69, 9.17) is 0 Å². The zero-order valence-electron chi connectivity index (χ0n) is 10.5. The number of fused-ring (bicyclic) bond motifs is 1. The van der Waals surface area contributed by atoms with Gasteiger partial charge in [0.25, 0.3) is 0 Å². The zero-order chi connectivity index (χ0) is 11.6. The van der Waals surface area contributed by atoms with E-state index in [2.05, 4.69) is 13.8 Å². The van der Waals surface area contributed by atoms with Crippen LogP contribution in [-0.2, 0) is 0 Å². The lowest BCUT2D eigenvalue weighted by atomic mass is 9.66. The first-order chi connectivity index (χ1) is 7.45. The van der Waals surface area contributed by atoms with Crippen molar-refractivity contribution in [3.8, 4) is 0 Å². The number of hydrogen-bond donors (Lipinski definition) is 2. The van der Waals surface area contributed by atoms with Crippen LogP contribution < -0.4 is 0 Å². The smallest absolute Gasteiger partial charge is 0.0910 e. The Morgan fingerprint density at radius 2 is 1.88 bits per heavy atom. The van der Waals surface area contributed by atoms with Gasteiger partial charge in [-0.05, 0) is 54.8 Å². The lowest BCUT2D eigenvalue weighted by Gasteiger charge is -2.44. The first kappa shape index (κ1) is 11.0. The molecule has 0 amide bonds. The molecule has 4 atom stereocenters. The van der Waals surface area contributed by atoms with Crippen LogP contribution in [0.3, 0.4) is 0 Å². The third-order valence-electron chi connectivity index (χ3n) is 6.29. The second-order valence-electron chi connectivity index (χ2n) is 7.15. The largest absolute Gasteiger partial charge is 0.393 e. The minimum atomic E-state index is -0.793. The van der Waals surface area contributed by atoms with Crippen molar-refractivity contribution in [3.63, 3.8) is 0 Å². The highest BCUT2D eigenvalue weighted by Crippen LogP contribution is 2.71. The molecule has 0 saturated heterocycles. The summed E-state index contributed by atoms with van der Waals surface area (Å²) in [5, 5.41) is 20.1. The number of aliphatic hydroxyl groups is 2. The summed E-state index contributed by atoms with van der Waals surface area (Å²) in [6.45, 7) is 4.59. The fraction of sp³-hybridized carbons (Fsp3) is 1.00. The van der Waals surface area contributed by atoms with Crippen LogP contribution in [0.4, 0.5) is 0 Å². The highest BCUT2D eigenvalue weighted by atomic mass is 16.3. The van der Waals surface area contributed by atoms with E-state index in [0.29, 0.717) is 11.3 Å². The van der Waals surface area contributed by atoms with Gasteiger partial charge in [-0.15, -0.1) is 0 Å². The molecule has 0 aliphatic heterocycles. The average molecular weight is 224 g/mol. The van der Waals surface area contributed by atoms with Gasteiger partial charge < -0.3 is 10.2 Å². The Balaban J connectivity index is 2.02. The van der Waals surface area contributed by atoms with Crippen LogP contribution in [0.15, 0.2) is 0 Å². The second-order valence-corrected chi connectivity index (χ2v) is 7.15. The van der Waals surface area contributed by atoms with Gasteiger partial charge in [0.2, 0.25) is 0 Å². The quantitative estimate of drug-likeness (QED) is 0.717. The molecule has 0 aromatic heterocycles. The molecular weight excluding hydrogens is 200 g/mol. The minimum absolute atomic E-state index is 0.0517. The summed E-state index contributed by atoms with van der Waals surface area (Å²) in [5.74, 6) is 1.09. The van der Waals surface area contributed by atoms with Gasteiger partial charge in [0.15, 0.2) is 0 Å². The summed E-state index contributed by atoms with van der Waals surface area (Å²) < 4.78 is 0. The van der Waals surface area contributed by atoms with Crippen LogP contribution >= 0.6 is 0 Å². The van der Waals surface area contributed by atoms with Gasteiger partial charge in [0.1, 0.15) is 0 Å². The van der Waals surface area contributed by atoms with E-state index in [1.807, 2.05) is 0 Å². The molecule has 3 aliphatic rings. The van der Waals surface area contributed by atoms with Crippen LogP contribution in [0.1, 0.15) is 52.4 Å². The SMILES string of the molecule is CC1(C)[C@H]2C[C@]3(CCC[C@@H]13)CC[C@@]2(O)CO. The molecule has 92 valence electrons. The molecule has 3 aliphatic carbocycles. The van der Waals surface area contributed by atoms with Crippen LogP contribution in [0.25, 0.3) is 0 Å². The Bertz CT molecular complexity index is 312. The van der Waals surface area contributed by atoms with Crippen LogP contribution in [-0.4, -0.2) is 22.4 Å². The van der Waals surface area contributed by atoms with Crippen molar-refractivity contribution in [2.24, 2.45) is 22.7 Å². The Morgan fingerprint density at radius 3 is 2.56 bits per heavy atom. The molecule has 0 unspecified atom stereocenters. The van der Waals surface area contributed by atoms with E-state index in [-0.39, 0.29) is 12.0 Å². The molecule has 3 rings (SSSR count). The Labute approximate surface area is 98.1 Å². The predicted octanol–water partition coefficient (Wildman–Crippen LogP) is 2.34. The molecule has 2 bridgehead atoms. The number of aliphatic hydroxyl groups excluding tert-OH is 1. The molecule has 0 radical (unpaired) electrons.